The van der Waals surface area contributed by atoms with E-state index in [0.29, 0.717) is 5.39 Å². The van der Waals surface area contributed by atoms with Crippen LogP contribution in [0.2, 0.25) is 0 Å². The molecule has 1 aromatic carbocycles. The number of hydrogen-bond acceptors (Lipinski definition) is 1. The molecule has 16 heavy (non-hydrogen) atoms. The van der Waals surface area contributed by atoms with Gasteiger partial charge in [0.15, 0.2) is 5.43 Å². The van der Waals surface area contributed by atoms with Gasteiger partial charge < -0.3 is 4.98 Å². The maximum absolute atomic E-state index is 12.2. The number of aryl methyl sites for hydroxylation is 1. The summed E-state index contributed by atoms with van der Waals surface area (Å²) < 4.78 is 1.75. The highest BCUT2D eigenvalue weighted by molar-refractivity contribution is 9.11. The molecule has 1 aromatic heterocycles. The number of fused-ring (bicyclic) bond motifs is 1. The van der Waals surface area contributed by atoms with Gasteiger partial charge in [-0.15, -0.1) is 0 Å². The fourth-order valence-electron chi connectivity index (χ4n) is 1.82. The molecule has 0 aliphatic rings. The minimum Gasteiger partial charge on any atom is -0.357 e. The predicted molar refractivity (Wildman–Crippen MR) is 74.1 cm³/mol. The van der Waals surface area contributed by atoms with Crippen molar-refractivity contribution >= 4 is 42.8 Å². The summed E-state index contributed by atoms with van der Waals surface area (Å²) in [6.07, 6.45) is 0.829. The second-order valence-electron chi connectivity index (χ2n) is 3.69. The lowest BCUT2D eigenvalue weighted by atomic mass is 10.1. The Bertz CT molecular complexity index is 616. The van der Waals surface area contributed by atoms with Crippen LogP contribution in [0.5, 0.6) is 0 Å². The molecular formula is C12H11Br2NO. The van der Waals surface area contributed by atoms with E-state index in [-0.39, 0.29) is 5.43 Å². The standard InChI is InChI=1S/C12H11Br2NO/c1-3-9-6(2)12(16)10-7(13)4-5-8(14)11(10)15-9/h4-5H,3H2,1-2H3,(H,15,16). The van der Waals surface area contributed by atoms with Gasteiger partial charge in [-0.05, 0) is 57.3 Å². The first-order valence-electron chi connectivity index (χ1n) is 5.05. The second kappa shape index (κ2) is 4.34. The van der Waals surface area contributed by atoms with Crippen LogP contribution in [0.25, 0.3) is 10.9 Å². The number of halogens is 2. The largest absolute Gasteiger partial charge is 0.357 e. The Morgan fingerprint density at radius 2 is 1.88 bits per heavy atom. The van der Waals surface area contributed by atoms with Crippen molar-refractivity contribution in [1.29, 1.82) is 0 Å². The van der Waals surface area contributed by atoms with E-state index in [0.717, 1.165) is 32.1 Å². The summed E-state index contributed by atoms with van der Waals surface area (Å²) in [4.78, 5) is 15.5. The highest BCUT2D eigenvalue weighted by Gasteiger charge is 2.11. The molecule has 2 rings (SSSR count). The van der Waals surface area contributed by atoms with Gasteiger partial charge >= 0.3 is 0 Å². The van der Waals surface area contributed by atoms with Gasteiger partial charge in [0, 0.05) is 20.2 Å². The lowest BCUT2D eigenvalue weighted by Crippen LogP contribution is -2.12. The number of H-pyrrole nitrogens is 1. The molecule has 0 fully saturated rings. The van der Waals surface area contributed by atoms with Gasteiger partial charge in [0.05, 0.1) is 10.9 Å². The Morgan fingerprint density at radius 1 is 1.25 bits per heavy atom. The topological polar surface area (TPSA) is 32.9 Å². The summed E-state index contributed by atoms with van der Waals surface area (Å²) in [5.74, 6) is 0. The number of rotatable bonds is 1. The first kappa shape index (κ1) is 11.9. The zero-order chi connectivity index (χ0) is 11.9. The molecule has 0 spiro atoms. The van der Waals surface area contributed by atoms with E-state index >= 15 is 0 Å². The summed E-state index contributed by atoms with van der Waals surface area (Å²) in [7, 11) is 0. The number of benzene rings is 1. The van der Waals surface area contributed by atoms with E-state index in [4.69, 9.17) is 0 Å². The number of nitrogens with one attached hydrogen (secondary N) is 1. The SMILES string of the molecule is CCc1[nH]c2c(Br)ccc(Br)c2c(=O)c1C. The van der Waals surface area contributed by atoms with Crippen LogP contribution >= 0.6 is 31.9 Å². The van der Waals surface area contributed by atoms with Crippen molar-refractivity contribution in [2.24, 2.45) is 0 Å². The number of aromatic nitrogens is 1. The number of aromatic amines is 1. The summed E-state index contributed by atoms with van der Waals surface area (Å²) in [5, 5.41) is 0.712. The van der Waals surface area contributed by atoms with Crippen LogP contribution in [0.15, 0.2) is 25.9 Å². The molecule has 0 radical (unpaired) electrons. The third-order valence-electron chi connectivity index (χ3n) is 2.75. The van der Waals surface area contributed by atoms with Crippen molar-refractivity contribution in [2.75, 3.05) is 0 Å². The van der Waals surface area contributed by atoms with Gasteiger partial charge in [-0.25, -0.2) is 0 Å². The summed E-state index contributed by atoms with van der Waals surface area (Å²) >= 11 is 6.88. The molecule has 0 atom stereocenters. The van der Waals surface area contributed by atoms with Crippen LogP contribution in [0.1, 0.15) is 18.2 Å². The van der Waals surface area contributed by atoms with Crippen molar-refractivity contribution in [1.82, 2.24) is 4.98 Å². The van der Waals surface area contributed by atoms with E-state index in [1.165, 1.54) is 0 Å². The van der Waals surface area contributed by atoms with Crippen molar-refractivity contribution in [3.63, 3.8) is 0 Å². The van der Waals surface area contributed by atoms with Gasteiger partial charge in [-0.2, -0.15) is 0 Å². The third kappa shape index (κ3) is 1.74. The average Bonchev–Trinajstić information content (AvgIpc) is 2.27. The molecule has 0 bridgehead atoms. The molecule has 2 nitrogen and oxygen atoms in total. The van der Waals surface area contributed by atoms with Crippen LogP contribution in [0, 0.1) is 6.92 Å². The van der Waals surface area contributed by atoms with E-state index in [1.807, 2.05) is 26.0 Å². The van der Waals surface area contributed by atoms with Crippen molar-refractivity contribution < 1.29 is 0 Å². The van der Waals surface area contributed by atoms with E-state index in [1.54, 1.807) is 0 Å². The quantitative estimate of drug-likeness (QED) is 0.835. The summed E-state index contributed by atoms with van der Waals surface area (Å²) in [6, 6.07) is 3.81. The lowest BCUT2D eigenvalue weighted by molar-refractivity contribution is 1.02. The molecule has 0 unspecified atom stereocenters. The fraction of sp³-hybridized carbons (Fsp3) is 0.250. The van der Waals surface area contributed by atoms with Gasteiger partial charge in [-0.1, -0.05) is 6.92 Å². The summed E-state index contributed by atoms with van der Waals surface area (Å²) in [6.45, 7) is 3.90. The first-order valence-corrected chi connectivity index (χ1v) is 6.64. The Labute approximate surface area is 110 Å². The Balaban J connectivity index is 3.04. The molecule has 0 aliphatic carbocycles. The Hall–Kier alpha value is -0.610. The van der Waals surface area contributed by atoms with Gasteiger partial charge in [0.1, 0.15) is 0 Å². The molecule has 2 aromatic rings. The average molecular weight is 345 g/mol. The maximum Gasteiger partial charge on any atom is 0.193 e. The molecule has 1 N–H and O–H groups in total. The van der Waals surface area contributed by atoms with Crippen LogP contribution in [0.3, 0.4) is 0 Å². The molecule has 84 valence electrons. The van der Waals surface area contributed by atoms with Crippen molar-refractivity contribution in [3.05, 3.63) is 42.6 Å². The smallest absolute Gasteiger partial charge is 0.193 e. The molecule has 4 heteroatoms. The third-order valence-corrected chi connectivity index (χ3v) is 4.08. The fourth-order valence-corrected chi connectivity index (χ4v) is 2.76. The predicted octanol–water partition coefficient (Wildman–Crippen LogP) is 3.92. The van der Waals surface area contributed by atoms with Gasteiger partial charge in [0.2, 0.25) is 0 Å². The van der Waals surface area contributed by atoms with Crippen LogP contribution in [-0.2, 0) is 6.42 Å². The zero-order valence-electron chi connectivity index (χ0n) is 9.03. The molecule has 0 amide bonds. The van der Waals surface area contributed by atoms with Crippen LogP contribution < -0.4 is 5.43 Å². The highest BCUT2D eigenvalue weighted by Crippen LogP contribution is 2.27. The van der Waals surface area contributed by atoms with E-state index < -0.39 is 0 Å². The first-order chi connectivity index (χ1) is 7.56. The van der Waals surface area contributed by atoms with E-state index in [9.17, 15) is 4.79 Å². The van der Waals surface area contributed by atoms with Crippen LogP contribution in [-0.4, -0.2) is 4.98 Å². The molecule has 0 aliphatic heterocycles. The Kier molecular flexibility index (Phi) is 3.22. The lowest BCUT2D eigenvalue weighted by Gasteiger charge is -2.08. The molecule has 1 heterocycles. The monoisotopic (exact) mass is 343 g/mol. The summed E-state index contributed by atoms with van der Waals surface area (Å²) in [5.41, 5.74) is 2.76. The van der Waals surface area contributed by atoms with E-state index in [2.05, 4.69) is 36.8 Å². The second-order valence-corrected chi connectivity index (χ2v) is 5.40. The minimum absolute atomic E-state index is 0.0961. The normalized spacial score (nSPS) is 11.0. The van der Waals surface area contributed by atoms with Gasteiger partial charge in [-0.3, -0.25) is 4.79 Å². The van der Waals surface area contributed by atoms with Crippen LogP contribution in [0.4, 0.5) is 0 Å². The van der Waals surface area contributed by atoms with Crippen molar-refractivity contribution in [2.45, 2.75) is 20.3 Å². The number of hydrogen-bond donors (Lipinski definition) is 1. The molecule has 0 saturated heterocycles. The molecular weight excluding hydrogens is 334 g/mol. The number of pyridine rings is 1. The van der Waals surface area contributed by atoms with Gasteiger partial charge in [0.25, 0.3) is 0 Å². The zero-order valence-corrected chi connectivity index (χ0v) is 12.2. The molecule has 0 saturated carbocycles. The Morgan fingerprint density at radius 3 is 2.50 bits per heavy atom. The highest BCUT2D eigenvalue weighted by atomic mass is 79.9. The van der Waals surface area contributed by atoms with Crippen molar-refractivity contribution in [3.8, 4) is 0 Å². The maximum atomic E-state index is 12.2. The minimum atomic E-state index is 0.0961.